The molecule has 0 saturated heterocycles. The van der Waals surface area contributed by atoms with Crippen LogP contribution in [0, 0.1) is 5.92 Å². The molecule has 0 aromatic heterocycles. The van der Waals surface area contributed by atoms with Gasteiger partial charge in [-0.3, -0.25) is 0 Å². The molecule has 0 radical (unpaired) electrons. The van der Waals surface area contributed by atoms with Gasteiger partial charge in [0.05, 0.1) is 6.04 Å². The first kappa shape index (κ1) is 9.31. The van der Waals surface area contributed by atoms with Crippen molar-refractivity contribution in [3.8, 4) is 0 Å². The average molecular weight is 287 g/mol. The molecule has 0 amide bonds. The van der Waals surface area contributed by atoms with E-state index >= 15 is 0 Å². The van der Waals surface area contributed by atoms with Gasteiger partial charge in [0.2, 0.25) is 0 Å². The van der Waals surface area contributed by atoms with Crippen molar-refractivity contribution in [1.29, 1.82) is 0 Å². The molecule has 0 spiro atoms. The highest BCUT2D eigenvalue weighted by molar-refractivity contribution is 14.1. The van der Waals surface area contributed by atoms with Crippen molar-refractivity contribution in [3.05, 3.63) is 36.1 Å². The lowest BCUT2D eigenvalue weighted by Crippen LogP contribution is -2.25. The number of hydrogen-bond acceptors (Lipinski definition) is 1. The lowest BCUT2D eigenvalue weighted by molar-refractivity contribution is 0.618. The monoisotopic (exact) mass is 287 g/mol. The van der Waals surface area contributed by atoms with E-state index in [9.17, 15) is 0 Å². The number of rotatable bonds is 2. The molecule has 0 aromatic carbocycles. The van der Waals surface area contributed by atoms with Crippen molar-refractivity contribution >= 4 is 22.6 Å². The zero-order valence-electron chi connectivity index (χ0n) is 7.70. The van der Waals surface area contributed by atoms with E-state index < -0.39 is 0 Å². The predicted molar refractivity (Wildman–Crippen MR) is 64.9 cm³/mol. The van der Waals surface area contributed by atoms with Crippen LogP contribution in [-0.2, 0) is 0 Å². The van der Waals surface area contributed by atoms with E-state index in [2.05, 4.69) is 65.3 Å². The van der Waals surface area contributed by atoms with Crippen LogP contribution in [0.15, 0.2) is 36.1 Å². The first-order valence-electron chi connectivity index (χ1n) is 4.71. The molecule has 0 saturated carbocycles. The molecule has 0 bridgehead atoms. The lowest BCUT2D eigenvalue weighted by atomic mass is 9.89. The number of allylic oxidation sites excluding steroid dienone is 2. The summed E-state index contributed by atoms with van der Waals surface area (Å²) >= 11 is 2.48. The molecule has 1 N–H and O–H groups in total. The standard InChI is InChI=1S/C11H14IN/c1-8(12)6-9-7-13-11-5-3-2-4-10(9)11/h2-5,7-8,10-11,13H,6H2,1H3/t8?,10-,11?/m1/s1. The molecule has 13 heavy (non-hydrogen) atoms. The maximum Gasteiger partial charge on any atom is 0.0542 e. The quantitative estimate of drug-likeness (QED) is 0.608. The Hall–Kier alpha value is -0.250. The molecule has 2 aliphatic rings. The van der Waals surface area contributed by atoms with E-state index in [0.717, 1.165) is 3.92 Å². The Balaban J connectivity index is 2.07. The highest BCUT2D eigenvalue weighted by Gasteiger charge is 2.26. The van der Waals surface area contributed by atoms with Crippen molar-refractivity contribution in [2.45, 2.75) is 23.3 Å². The average Bonchev–Trinajstić information content (AvgIpc) is 2.48. The molecular formula is C11H14IN. The molecule has 1 heterocycles. The molecule has 1 nitrogen and oxygen atoms in total. The van der Waals surface area contributed by atoms with Gasteiger partial charge < -0.3 is 5.32 Å². The van der Waals surface area contributed by atoms with Crippen molar-refractivity contribution < 1.29 is 0 Å². The van der Waals surface area contributed by atoms with Crippen molar-refractivity contribution in [2.75, 3.05) is 0 Å². The Morgan fingerprint density at radius 1 is 1.46 bits per heavy atom. The highest BCUT2D eigenvalue weighted by Crippen LogP contribution is 2.30. The van der Waals surface area contributed by atoms with Crippen LogP contribution < -0.4 is 5.32 Å². The zero-order valence-corrected chi connectivity index (χ0v) is 9.86. The van der Waals surface area contributed by atoms with E-state index in [4.69, 9.17) is 0 Å². The number of alkyl halides is 1. The maximum absolute atomic E-state index is 3.41. The van der Waals surface area contributed by atoms with Gasteiger partial charge in [0.25, 0.3) is 0 Å². The summed E-state index contributed by atoms with van der Waals surface area (Å²) in [7, 11) is 0. The molecular weight excluding hydrogens is 273 g/mol. The second-order valence-electron chi connectivity index (χ2n) is 3.69. The summed E-state index contributed by atoms with van der Waals surface area (Å²) in [6, 6.07) is 0.523. The van der Waals surface area contributed by atoms with Gasteiger partial charge >= 0.3 is 0 Å². The van der Waals surface area contributed by atoms with Gasteiger partial charge in [0.15, 0.2) is 0 Å². The summed E-state index contributed by atoms with van der Waals surface area (Å²) in [5.41, 5.74) is 1.55. The lowest BCUT2D eigenvalue weighted by Gasteiger charge is -2.19. The van der Waals surface area contributed by atoms with Crippen molar-refractivity contribution in [1.82, 2.24) is 5.32 Å². The molecule has 1 aliphatic heterocycles. The smallest absolute Gasteiger partial charge is 0.0542 e. The van der Waals surface area contributed by atoms with Crippen LogP contribution in [0.1, 0.15) is 13.3 Å². The van der Waals surface area contributed by atoms with Crippen LogP contribution in [0.25, 0.3) is 0 Å². The Kier molecular flexibility index (Phi) is 2.77. The van der Waals surface area contributed by atoms with E-state index in [1.165, 1.54) is 6.42 Å². The Bertz CT molecular complexity index is 276. The summed E-state index contributed by atoms with van der Waals surface area (Å²) in [6.07, 6.45) is 12.2. The molecule has 2 unspecified atom stereocenters. The molecule has 0 fully saturated rings. The van der Waals surface area contributed by atoms with Crippen LogP contribution in [0.4, 0.5) is 0 Å². The summed E-state index contributed by atoms with van der Waals surface area (Å²) in [6.45, 7) is 2.26. The van der Waals surface area contributed by atoms with Gasteiger partial charge in [-0.15, -0.1) is 0 Å². The number of fused-ring (bicyclic) bond motifs is 1. The van der Waals surface area contributed by atoms with Gasteiger partial charge in [-0.1, -0.05) is 53.8 Å². The molecule has 0 aromatic rings. The van der Waals surface area contributed by atoms with Crippen molar-refractivity contribution in [3.63, 3.8) is 0 Å². The zero-order chi connectivity index (χ0) is 9.26. The number of hydrogen-bond donors (Lipinski definition) is 1. The summed E-state index contributed by atoms with van der Waals surface area (Å²) in [4.78, 5) is 0. The minimum absolute atomic E-state index is 0.523. The summed E-state index contributed by atoms with van der Waals surface area (Å²) in [5.74, 6) is 0.613. The van der Waals surface area contributed by atoms with Crippen molar-refractivity contribution in [2.24, 2.45) is 5.92 Å². The fourth-order valence-electron chi connectivity index (χ4n) is 1.94. The van der Waals surface area contributed by atoms with Crippen LogP contribution >= 0.6 is 22.6 Å². The fraction of sp³-hybridized carbons (Fsp3) is 0.455. The van der Waals surface area contributed by atoms with E-state index in [1.807, 2.05) is 0 Å². The third-order valence-electron chi connectivity index (χ3n) is 2.54. The molecule has 1 aliphatic carbocycles. The Morgan fingerprint density at radius 2 is 2.23 bits per heavy atom. The van der Waals surface area contributed by atoms with E-state index in [0.29, 0.717) is 12.0 Å². The molecule has 2 rings (SSSR count). The maximum atomic E-state index is 3.41. The Labute approximate surface area is 93.1 Å². The second-order valence-corrected chi connectivity index (χ2v) is 5.82. The summed E-state index contributed by atoms with van der Waals surface area (Å²) in [5, 5.41) is 3.41. The first-order chi connectivity index (χ1) is 6.27. The largest absolute Gasteiger partial charge is 0.384 e. The highest BCUT2D eigenvalue weighted by atomic mass is 127. The molecule has 2 heteroatoms. The third kappa shape index (κ3) is 1.98. The number of halogens is 1. The normalized spacial score (nSPS) is 32.3. The first-order valence-corrected chi connectivity index (χ1v) is 5.96. The minimum atomic E-state index is 0.523. The van der Waals surface area contributed by atoms with Crippen LogP contribution in [0.3, 0.4) is 0 Å². The summed E-state index contributed by atoms with van der Waals surface area (Å²) < 4.78 is 0.726. The van der Waals surface area contributed by atoms with Gasteiger partial charge in [-0.25, -0.2) is 0 Å². The molecule has 3 atom stereocenters. The van der Waals surface area contributed by atoms with Gasteiger partial charge in [0.1, 0.15) is 0 Å². The van der Waals surface area contributed by atoms with Gasteiger partial charge in [-0.2, -0.15) is 0 Å². The minimum Gasteiger partial charge on any atom is -0.384 e. The fourth-order valence-corrected chi connectivity index (χ4v) is 2.45. The SMILES string of the molecule is CC(I)CC1=CNC2C=CC=C[C@H]12. The predicted octanol–water partition coefficient (Wildman–Crippen LogP) is 2.80. The molecule has 70 valence electrons. The third-order valence-corrected chi connectivity index (χ3v) is 2.98. The second kappa shape index (κ2) is 3.86. The van der Waals surface area contributed by atoms with Gasteiger partial charge in [0, 0.05) is 9.84 Å². The van der Waals surface area contributed by atoms with E-state index in [-0.39, 0.29) is 0 Å². The van der Waals surface area contributed by atoms with Gasteiger partial charge in [-0.05, 0) is 18.2 Å². The van der Waals surface area contributed by atoms with Crippen LogP contribution in [0.2, 0.25) is 0 Å². The van der Waals surface area contributed by atoms with E-state index in [1.54, 1.807) is 5.57 Å². The Morgan fingerprint density at radius 3 is 3.00 bits per heavy atom. The number of nitrogens with one attached hydrogen (secondary N) is 1. The topological polar surface area (TPSA) is 12.0 Å². The van der Waals surface area contributed by atoms with Crippen LogP contribution in [0.5, 0.6) is 0 Å². The van der Waals surface area contributed by atoms with Crippen LogP contribution in [-0.4, -0.2) is 9.97 Å².